The van der Waals surface area contributed by atoms with Crippen LogP contribution in [0.5, 0.6) is 0 Å². The second-order valence-corrected chi connectivity index (χ2v) is 3.65. The number of hydrogen-bond acceptors (Lipinski definition) is 4. The number of imide groups is 1. The number of carbonyl (C=O) groups is 2. The molecule has 0 heterocycles. The number of urea groups is 1. The number of nitrogens with one attached hydrogen (secondary N) is 3. The minimum Gasteiger partial charge on any atom is -0.370 e. The van der Waals surface area contributed by atoms with Crippen molar-refractivity contribution in [3.63, 3.8) is 0 Å². The largest absolute Gasteiger partial charge is 0.370 e. The molecule has 0 spiro atoms. The maximum atomic E-state index is 11.1. The maximum absolute atomic E-state index is 11.1. The minimum absolute atomic E-state index is 0.0762. The Bertz CT molecular complexity index is 312. The Morgan fingerprint density at radius 1 is 1.44 bits per heavy atom. The number of nitrogens with zero attached hydrogens (tertiary/aromatic N) is 1. The van der Waals surface area contributed by atoms with Crippen molar-refractivity contribution in [2.24, 2.45) is 16.5 Å². The van der Waals surface area contributed by atoms with Crippen LogP contribution >= 0.6 is 11.8 Å². The Balaban J connectivity index is 3.74. The van der Waals surface area contributed by atoms with E-state index in [1.54, 1.807) is 0 Å². The molecule has 0 aromatic heterocycles. The van der Waals surface area contributed by atoms with E-state index in [1.807, 2.05) is 0 Å². The van der Waals surface area contributed by atoms with Crippen molar-refractivity contribution < 1.29 is 9.59 Å². The topological polar surface area (TPSA) is 146 Å². The number of rotatable bonds is 3. The highest BCUT2D eigenvalue weighted by molar-refractivity contribution is 8.13. The number of amidine groups is 1. The third-order valence-electron chi connectivity index (χ3n) is 1.28. The number of hydrogen-bond donors (Lipinski definition) is 5. The van der Waals surface area contributed by atoms with Crippen molar-refractivity contribution in [1.82, 2.24) is 10.6 Å². The molecule has 3 amide bonds. The summed E-state index contributed by atoms with van der Waals surface area (Å²) in [5.41, 5.74) is 10.1. The van der Waals surface area contributed by atoms with Crippen LogP contribution in [0.2, 0.25) is 0 Å². The fourth-order valence-electron chi connectivity index (χ4n) is 0.642. The van der Waals surface area contributed by atoms with Gasteiger partial charge in [0.25, 0.3) is 0 Å². The molecule has 8 nitrogen and oxygen atoms in total. The van der Waals surface area contributed by atoms with E-state index in [0.717, 1.165) is 11.8 Å². The molecule has 0 radical (unpaired) electrons. The minimum atomic E-state index is -0.561. The van der Waals surface area contributed by atoms with Crippen molar-refractivity contribution in [1.29, 1.82) is 5.41 Å². The summed E-state index contributed by atoms with van der Waals surface area (Å²) < 4.78 is 0. The molecule has 0 bridgehead atoms. The first-order chi connectivity index (χ1) is 7.45. The Morgan fingerprint density at radius 2 is 2.06 bits per heavy atom. The van der Waals surface area contributed by atoms with Gasteiger partial charge in [-0.25, -0.2) is 4.79 Å². The fourth-order valence-corrected chi connectivity index (χ4v) is 1.29. The summed E-state index contributed by atoms with van der Waals surface area (Å²) in [7, 11) is 1.41. The first-order valence-electron chi connectivity index (χ1n) is 4.28. The summed E-state index contributed by atoms with van der Waals surface area (Å²) >= 11 is 1.01. The molecular formula is C7H14N6O2S. The molecule has 0 aliphatic carbocycles. The average Bonchev–Trinajstić information content (AvgIpc) is 2.16. The summed E-state index contributed by atoms with van der Waals surface area (Å²) in [5, 5.41) is 11.5. The van der Waals surface area contributed by atoms with Crippen LogP contribution in [0.15, 0.2) is 4.99 Å². The van der Waals surface area contributed by atoms with Crippen LogP contribution in [0.1, 0.15) is 6.42 Å². The first-order valence-corrected chi connectivity index (χ1v) is 5.26. The number of amides is 3. The van der Waals surface area contributed by atoms with Crippen LogP contribution in [-0.4, -0.2) is 35.9 Å². The van der Waals surface area contributed by atoms with Gasteiger partial charge in [0.05, 0.1) is 0 Å². The van der Waals surface area contributed by atoms with Gasteiger partial charge in [0.1, 0.15) is 0 Å². The molecule has 0 aliphatic rings. The van der Waals surface area contributed by atoms with Gasteiger partial charge in [-0.3, -0.25) is 15.5 Å². The quantitative estimate of drug-likeness (QED) is 0.312. The smallest absolute Gasteiger partial charge is 0.321 e. The molecule has 16 heavy (non-hydrogen) atoms. The van der Waals surface area contributed by atoms with Crippen LogP contribution in [0.25, 0.3) is 0 Å². The van der Waals surface area contributed by atoms with Crippen molar-refractivity contribution in [2.45, 2.75) is 6.42 Å². The lowest BCUT2D eigenvalue weighted by Crippen LogP contribution is -2.37. The lowest BCUT2D eigenvalue weighted by Gasteiger charge is -2.02. The van der Waals surface area contributed by atoms with Crippen LogP contribution in [0, 0.1) is 5.41 Å². The van der Waals surface area contributed by atoms with E-state index in [4.69, 9.17) is 16.9 Å². The van der Waals surface area contributed by atoms with Gasteiger partial charge in [-0.05, 0) is 0 Å². The summed E-state index contributed by atoms with van der Waals surface area (Å²) in [6.07, 6.45) is 0.0977. The van der Waals surface area contributed by atoms with Gasteiger partial charge in [-0.2, -0.15) is 4.99 Å². The van der Waals surface area contributed by atoms with Gasteiger partial charge >= 0.3 is 6.03 Å². The van der Waals surface area contributed by atoms with Gasteiger partial charge in [-0.1, -0.05) is 11.8 Å². The molecule has 0 unspecified atom stereocenters. The average molecular weight is 246 g/mol. The number of guanidine groups is 1. The molecule has 0 rings (SSSR count). The fraction of sp³-hybridized carbons (Fsp3) is 0.429. The maximum Gasteiger partial charge on any atom is 0.321 e. The molecule has 0 saturated heterocycles. The van der Waals surface area contributed by atoms with Gasteiger partial charge in [-0.15, -0.1) is 0 Å². The van der Waals surface area contributed by atoms with Crippen LogP contribution in [0.3, 0.4) is 0 Å². The Hall–Kier alpha value is -1.77. The van der Waals surface area contributed by atoms with Crippen molar-refractivity contribution in [3.8, 4) is 0 Å². The van der Waals surface area contributed by atoms with Gasteiger partial charge in [0.15, 0.2) is 11.1 Å². The highest BCUT2D eigenvalue weighted by atomic mass is 32.2. The molecule has 0 aromatic rings. The molecule has 0 atom stereocenters. The standard InChI is InChI=1S/C7H14N6O2S/c1-11-7(15)12-4(14)2-3-16-6(10)13-5(8)9/h2-3H2,1H3,(H5,8,9,10,13)(H2,11,12,14,15). The zero-order chi connectivity index (χ0) is 12.6. The normalized spacial score (nSPS) is 9.06. The predicted octanol–water partition coefficient (Wildman–Crippen LogP) is -1.23. The second-order valence-electron chi connectivity index (χ2n) is 2.57. The van der Waals surface area contributed by atoms with Gasteiger partial charge < -0.3 is 16.8 Å². The van der Waals surface area contributed by atoms with Gasteiger partial charge in [0.2, 0.25) is 5.91 Å². The SMILES string of the molecule is CNC(=O)NC(=O)CCSC(=N)N=C(N)N. The number of carbonyl (C=O) groups excluding carboxylic acids is 2. The van der Waals surface area contributed by atoms with Crippen molar-refractivity contribution in [2.75, 3.05) is 12.8 Å². The highest BCUT2D eigenvalue weighted by Gasteiger charge is 2.06. The molecule has 0 aromatic carbocycles. The summed E-state index contributed by atoms with van der Waals surface area (Å²) in [6, 6.07) is -0.561. The van der Waals surface area contributed by atoms with E-state index in [-0.39, 0.29) is 17.5 Å². The van der Waals surface area contributed by atoms with E-state index >= 15 is 0 Å². The van der Waals surface area contributed by atoms with E-state index in [2.05, 4.69) is 15.6 Å². The zero-order valence-electron chi connectivity index (χ0n) is 8.74. The lowest BCUT2D eigenvalue weighted by atomic mass is 10.4. The third-order valence-corrected chi connectivity index (χ3v) is 2.05. The molecular weight excluding hydrogens is 232 g/mol. The van der Waals surface area contributed by atoms with E-state index in [1.165, 1.54) is 7.05 Å². The van der Waals surface area contributed by atoms with E-state index in [0.29, 0.717) is 5.75 Å². The number of nitrogens with two attached hydrogens (primary N) is 2. The molecule has 9 heteroatoms. The van der Waals surface area contributed by atoms with Gasteiger partial charge in [0, 0.05) is 19.2 Å². The second kappa shape index (κ2) is 7.51. The molecule has 0 aliphatic heterocycles. The lowest BCUT2D eigenvalue weighted by molar-refractivity contribution is -0.119. The summed E-state index contributed by atoms with van der Waals surface area (Å²) in [4.78, 5) is 25.3. The number of thioether (sulfide) groups is 1. The van der Waals surface area contributed by atoms with Crippen molar-refractivity contribution >= 4 is 34.8 Å². The Morgan fingerprint density at radius 3 is 2.56 bits per heavy atom. The van der Waals surface area contributed by atoms with E-state index in [9.17, 15) is 9.59 Å². The van der Waals surface area contributed by atoms with Crippen LogP contribution in [0.4, 0.5) is 4.79 Å². The highest BCUT2D eigenvalue weighted by Crippen LogP contribution is 2.04. The zero-order valence-corrected chi connectivity index (χ0v) is 9.56. The third kappa shape index (κ3) is 7.62. The molecule has 90 valence electrons. The summed E-state index contributed by atoms with van der Waals surface area (Å²) in [6.45, 7) is 0. The van der Waals surface area contributed by atoms with Crippen LogP contribution in [-0.2, 0) is 4.79 Å². The first kappa shape index (κ1) is 14.2. The Kier molecular flexibility index (Phi) is 6.68. The number of aliphatic imine (C=N–C) groups is 1. The predicted molar refractivity (Wildman–Crippen MR) is 63.2 cm³/mol. The molecule has 0 fully saturated rings. The Labute approximate surface area is 96.7 Å². The monoisotopic (exact) mass is 246 g/mol. The van der Waals surface area contributed by atoms with Crippen molar-refractivity contribution in [3.05, 3.63) is 0 Å². The van der Waals surface area contributed by atoms with E-state index < -0.39 is 11.9 Å². The summed E-state index contributed by atoms with van der Waals surface area (Å²) in [5.74, 6) is -0.310. The van der Waals surface area contributed by atoms with Crippen LogP contribution < -0.4 is 22.1 Å². The molecule has 7 N–H and O–H groups in total. The molecule has 0 saturated carbocycles.